The van der Waals surface area contributed by atoms with Crippen LogP contribution in [0.4, 0.5) is 5.69 Å². The van der Waals surface area contributed by atoms with Gasteiger partial charge in [0.05, 0.1) is 29.5 Å². The molecule has 2 aromatic heterocycles. The number of amidine groups is 1. The molecule has 1 unspecified atom stereocenters. The molecule has 0 aromatic carbocycles. The number of pyridine rings is 1. The largest absolute Gasteiger partial charge is 0.327 e. The Morgan fingerprint density at radius 3 is 2.95 bits per heavy atom. The second-order valence-corrected chi connectivity index (χ2v) is 4.66. The summed E-state index contributed by atoms with van der Waals surface area (Å²) >= 11 is 0. The summed E-state index contributed by atoms with van der Waals surface area (Å²) in [5, 5.41) is 4.52. The first-order valence-electron chi connectivity index (χ1n) is 6.13. The molecule has 0 aliphatic rings. The monoisotopic (exact) mass is 275 g/mol. The zero-order valence-electron chi connectivity index (χ0n) is 11.4. The lowest BCUT2D eigenvalue weighted by molar-refractivity contribution is 0.857. The number of nitrogens with zero attached hydrogens (tertiary/aromatic N) is 5. The third-order valence-electron chi connectivity index (χ3n) is 2.81. The number of rotatable bonds is 3. The highest BCUT2D eigenvalue weighted by Gasteiger charge is 2.12. The van der Waals surface area contributed by atoms with Gasteiger partial charge in [-0.2, -0.15) is 5.10 Å². The number of aryl methyl sites for hydroxylation is 1. The molecule has 0 radical (unpaired) electrons. The van der Waals surface area contributed by atoms with Gasteiger partial charge in [-0.3, -0.25) is 9.98 Å². The maximum Gasteiger partial charge on any atom is 0.120 e. The molecule has 0 saturated carbocycles. The maximum atomic E-state index is 4.52. The normalized spacial score (nSPS) is 11.7. The van der Waals surface area contributed by atoms with Gasteiger partial charge in [0.15, 0.2) is 0 Å². The molecule has 0 saturated heterocycles. The van der Waals surface area contributed by atoms with Crippen LogP contribution in [0.25, 0.3) is 5.69 Å². The predicted molar refractivity (Wildman–Crippen MR) is 82.2 cm³/mol. The van der Waals surface area contributed by atoms with E-state index in [4.69, 9.17) is 0 Å². The van der Waals surface area contributed by atoms with Gasteiger partial charge in [-0.05, 0) is 26.0 Å². The molecule has 2 heterocycles. The minimum absolute atomic E-state index is 0.763. The summed E-state index contributed by atoms with van der Waals surface area (Å²) in [5.41, 5.74) is 3.84. The third-order valence-corrected chi connectivity index (χ3v) is 3.38. The van der Waals surface area contributed by atoms with E-state index >= 15 is 0 Å². The molecule has 0 amide bonds. The van der Waals surface area contributed by atoms with Crippen molar-refractivity contribution in [1.29, 1.82) is 0 Å². The summed E-state index contributed by atoms with van der Waals surface area (Å²) in [5.74, 6) is 0. The molecule has 0 aliphatic carbocycles. The van der Waals surface area contributed by atoms with Crippen molar-refractivity contribution in [3.8, 4) is 5.69 Å². The number of aliphatic imine (C=N–C) groups is 1. The molecular weight excluding hydrogens is 257 g/mol. The minimum atomic E-state index is 0.763. The van der Waals surface area contributed by atoms with Gasteiger partial charge in [0.1, 0.15) is 5.58 Å². The molecule has 0 spiro atoms. The van der Waals surface area contributed by atoms with Crippen LogP contribution in [0.5, 0.6) is 0 Å². The van der Waals surface area contributed by atoms with E-state index in [9.17, 15) is 0 Å². The molecule has 0 fully saturated rings. The third kappa shape index (κ3) is 2.99. The summed E-state index contributed by atoms with van der Waals surface area (Å²) in [4.78, 5) is 10.5. The zero-order chi connectivity index (χ0) is 13.8. The molecule has 0 aliphatic heterocycles. The molecule has 1 atom stereocenters. The second-order valence-electron chi connectivity index (χ2n) is 4.15. The van der Waals surface area contributed by atoms with E-state index in [0.717, 1.165) is 29.2 Å². The summed E-state index contributed by atoms with van der Waals surface area (Å²) in [6.07, 6.45) is 5.53. The lowest BCUT2D eigenvalue weighted by atomic mass is 10.4. The smallest absolute Gasteiger partial charge is 0.120 e. The fraction of sp³-hybridized carbons (Fsp3) is 0.308. The first-order chi connectivity index (χ1) is 9.13. The van der Waals surface area contributed by atoms with Gasteiger partial charge >= 0.3 is 0 Å². The van der Waals surface area contributed by atoms with E-state index in [1.165, 1.54) is 0 Å². The summed E-state index contributed by atoms with van der Waals surface area (Å²) in [6, 6.07) is 3.88. The van der Waals surface area contributed by atoms with Gasteiger partial charge in [-0.1, -0.05) is 9.24 Å². The van der Waals surface area contributed by atoms with Crippen molar-refractivity contribution in [3.63, 3.8) is 0 Å². The molecule has 2 aromatic rings. The molecule has 100 valence electrons. The van der Waals surface area contributed by atoms with Crippen LogP contribution in [0, 0.1) is 6.92 Å². The Morgan fingerprint density at radius 1 is 1.53 bits per heavy atom. The fourth-order valence-corrected chi connectivity index (χ4v) is 2.11. The van der Waals surface area contributed by atoms with E-state index < -0.39 is 0 Å². The Bertz CT molecular complexity index is 576. The van der Waals surface area contributed by atoms with Gasteiger partial charge < -0.3 is 4.90 Å². The number of anilines is 1. The molecule has 2 rings (SSSR count). The van der Waals surface area contributed by atoms with Gasteiger partial charge in [0.25, 0.3) is 0 Å². The summed E-state index contributed by atoms with van der Waals surface area (Å²) in [7, 11) is 4.64. The molecule has 19 heavy (non-hydrogen) atoms. The first kappa shape index (κ1) is 13.7. The van der Waals surface area contributed by atoms with E-state index in [1.54, 1.807) is 12.4 Å². The lowest BCUT2D eigenvalue weighted by Gasteiger charge is -2.17. The Kier molecular flexibility index (Phi) is 4.27. The van der Waals surface area contributed by atoms with Crippen LogP contribution >= 0.6 is 9.24 Å². The van der Waals surface area contributed by atoms with Crippen molar-refractivity contribution in [2.45, 2.75) is 13.8 Å². The highest BCUT2D eigenvalue weighted by Crippen LogP contribution is 2.21. The van der Waals surface area contributed by atoms with E-state index in [0.29, 0.717) is 0 Å². The fourth-order valence-electron chi connectivity index (χ4n) is 1.79. The highest BCUT2D eigenvalue weighted by atomic mass is 31.0. The Balaban J connectivity index is 2.34. The number of hydrogen-bond acceptors (Lipinski definition) is 3. The van der Waals surface area contributed by atoms with Crippen LogP contribution < -0.4 is 4.90 Å². The van der Waals surface area contributed by atoms with Crippen LogP contribution in [-0.2, 0) is 0 Å². The average Bonchev–Trinajstić information content (AvgIpc) is 2.81. The summed E-state index contributed by atoms with van der Waals surface area (Å²) in [6.45, 7) is 4.77. The lowest BCUT2D eigenvalue weighted by Crippen LogP contribution is -2.21. The second kappa shape index (κ2) is 5.93. The van der Waals surface area contributed by atoms with Crippen molar-refractivity contribution >= 4 is 20.5 Å². The van der Waals surface area contributed by atoms with Crippen molar-refractivity contribution in [1.82, 2.24) is 14.8 Å². The van der Waals surface area contributed by atoms with E-state index in [2.05, 4.69) is 24.3 Å². The van der Waals surface area contributed by atoms with Gasteiger partial charge in [0, 0.05) is 19.8 Å². The van der Waals surface area contributed by atoms with Crippen molar-refractivity contribution in [3.05, 3.63) is 36.4 Å². The number of aromatic nitrogens is 3. The SMILES string of the molecule is CCN=C(P)N(C)c1cn(-c2cccnc2)nc1C. The Labute approximate surface area is 115 Å². The van der Waals surface area contributed by atoms with Crippen LogP contribution in [0.2, 0.25) is 0 Å². The van der Waals surface area contributed by atoms with Crippen LogP contribution in [0.1, 0.15) is 12.6 Å². The predicted octanol–water partition coefficient (Wildman–Crippen LogP) is 2.26. The summed E-state index contributed by atoms with van der Waals surface area (Å²) < 4.78 is 1.83. The van der Waals surface area contributed by atoms with Gasteiger partial charge in [-0.25, -0.2) is 4.68 Å². The maximum absolute atomic E-state index is 4.52. The van der Waals surface area contributed by atoms with E-state index in [-0.39, 0.29) is 0 Å². The molecule has 6 heteroatoms. The molecule has 5 nitrogen and oxygen atoms in total. The van der Waals surface area contributed by atoms with Crippen LogP contribution in [0.3, 0.4) is 0 Å². The number of hydrogen-bond donors (Lipinski definition) is 0. The van der Waals surface area contributed by atoms with Crippen LogP contribution in [-0.4, -0.2) is 33.9 Å². The first-order valence-corrected chi connectivity index (χ1v) is 6.71. The Morgan fingerprint density at radius 2 is 2.32 bits per heavy atom. The standard InChI is InChI=1S/C13H18N5P/c1-4-15-13(19)17(3)12-9-18(16-10(12)2)11-6-5-7-14-8-11/h5-9H,4,19H2,1-3H3. The van der Waals surface area contributed by atoms with Crippen molar-refractivity contribution in [2.24, 2.45) is 4.99 Å². The zero-order valence-corrected chi connectivity index (χ0v) is 12.6. The molecular formula is C13H18N5P. The van der Waals surface area contributed by atoms with Crippen molar-refractivity contribution in [2.75, 3.05) is 18.5 Å². The van der Waals surface area contributed by atoms with Crippen molar-refractivity contribution < 1.29 is 0 Å². The van der Waals surface area contributed by atoms with Crippen LogP contribution in [0.15, 0.2) is 35.7 Å². The minimum Gasteiger partial charge on any atom is -0.327 e. The Hall–Kier alpha value is -1.74. The van der Waals surface area contributed by atoms with Gasteiger partial charge in [0.2, 0.25) is 0 Å². The molecule has 0 bridgehead atoms. The quantitative estimate of drug-likeness (QED) is 0.490. The van der Waals surface area contributed by atoms with E-state index in [1.807, 2.05) is 48.8 Å². The molecule has 0 N–H and O–H groups in total. The highest BCUT2D eigenvalue weighted by molar-refractivity contribution is 7.41. The topological polar surface area (TPSA) is 46.3 Å². The van der Waals surface area contributed by atoms with Gasteiger partial charge in [-0.15, -0.1) is 0 Å². The average molecular weight is 275 g/mol.